The second-order valence-corrected chi connectivity index (χ2v) is 4.55. The van der Waals surface area contributed by atoms with Gasteiger partial charge in [-0.2, -0.15) is 0 Å². The van der Waals surface area contributed by atoms with E-state index in [2.05, 4.69) is 4.98 Å². The van der Waals surface area contributed by atoms with Gasteiger partial charge in [-0.15, -0.1) is 0 Å². The van der Waals surface area contributed by atoms with Crippen molar-refractivity contribution >= 4 is 22.7 Å². The number of H-pyrrole nitrogens is 1. The number of nitrogens with one attached hydrogen (secondary N) is 1. The molecule has 0 amide bonds. The largest absolute Gasteiger partial charge is 0.425 e. The van der Waals surface area contributed by atoms with Crippen molar-refractivity contribution in [2.24, 2.45) is 0 Å². The van der Waals surface area contributed by atoms with Gasteiger partial charge in [0.05, 0.1) is 11.1 Å². The van der Waals surface area contributed by atoms with Gasteiger partial charge in [0.1, 0.15) is 0 Å². The van der Waals surface area contributed by atoms with Crippen LogP contribution in [-0.4, -0.2) is 16.7 Å². The van der Waals surface area contributed by atoms with E-state index in [1.807, 2.05) is 0 Å². The molecule has 0 aliphatic rings. The summed E-state index contributed by atoms with van der Waals surface area (Å²) in [6, 6.07) is 4.54. The molecule has 1 aromatic heterocycles. The lowest BCUT2D eigenvalue weighted by molar-refractivity contribution is -0.131. The number of carbonyl (C=O) groups excluding carboxylic acids is 2. The molecule has 0 fully saturated rings. The molecule has 0 bridgehead atoms. The predicted octanol–water partition coefficient (Wildman–Crippen LogP) is 2.35. The van der Waals surface area contributed by atoms with Crippen LogP contribution in [0.3, 0.4) is 0 Å². The molecule has 1 aromatic carbocycles. The molecule has 20 heavy (non-hydrogen) atoms. The summed E-state index contributed by atoms with van der Waals surface area (Å²) >= 11 is 0. The average Bonchev–Trinajstić information content (AvgIpc) is 2.40. The molecule has 0 aliphatic heterocycles. The number of carbonyl (C=O) groups is 2. The van der Waals surface area contributed by atoms with Crippen molar-refractivity contribution in [2.45, 2.75) is 27.2 Å². The summed E-state index contributed by atoms with van der Waals surface area (Å²) in [7, 11) is 0. The Balaban J connectivity index is 2.86. The van der Waals surface area contributed by atoms with Crippen LogP contribution >= 0.6 is 0 Å². The Morgan fingerprint density at radius 2 is 2.00 bits per heavy atom. The van der Waals surface area contributed by atoms with Crippen molar-refractivity contribution in [1.29, 1.82) is 0 Å². The molecule has 0 radical (unpaired) electrons. The third-order valence-electron chi connectivity index (χ3n) is 3.03. The Kier molecular flexibility index (Phi) is 3.70. The zero-order valence-electron chi connectivity index (χ0n) is 11.6. The van der Waals surface area contributed by atoms with Gasteiger partial charge >= 0.3 is 5.97 Å². The van der Waals surface area contributed by atoms with Gasteiger partial charge in [-0.3, -0.25) is 14.4 Å². The van der Waals surface area contributed by atoms with Gasteiger partial charge in [-0.1, -0.05) is 6.92 Å². The summed E-state index contributed by atoms with van der Waals surface area (Å²) in [6.45, 7) is 4.81. The Labute approximate surface area is 115 Å². The Morgan fingerprint density at radius 3 is 2.60 bits per heavy atom. The van der Waals surface area contributed by atoms with Crippen LogP contribution in [-0.2, 0) is 4.79 Å². The van der Waals surface area contributed by atoms with Gasteiger partial charge in [0.2, 0.25) is 5.56 Å². The minimum Gasteiger partial charge on any atom is -0.425 e. The molecule has 0 unspecified atom stereocenters. The number of ketones is 1. The van der Waals surface area contributed by atoms with E-state index in [1.54, 1.807) is 26.0 Å². The highest BCUT2D eigenvalue weighted by Gasteiger charge is 2.18. The molecule has 0 spiro atoms. The zero-order chi connectivity index (χ0) is 14.9. The first kappa shape index (κ1) is 14.0. The number of hydrogen-bond acceptors (Lipinski definition) is 4. The van der Waals surface area contributed by atoms with Gasteiger partial charge in [-0.05, 0) is 24.6 Å². The maximum atomic E-state index is 12.0. The van der Waals surface area contributed by atoms with E-state index in [4.69, 9.17) is 4.74 Å². The maximum Gasteiger partial charge on any atom is 0.308 e. The lowest BCUT2D eigenvalue weighted by Gasteiger charge is -2.13. The summed E-state index contributed by atoms with van der Waals surface area (Å²) in [5.41, 5.74) is 1.44. The summed E-state index contributed by atoms with van der Waals surface area (Å²) in [5.74, 6) is -0.412. The van der Waals surface area contributed by atoms with Crippen LogP contribution in [0, 0.1) is 6.92 Å². The van der Waals surface area contributed by atoms with Gasteiger partial charge in [0, 0.05) is 24.8 Å². The van der Waals surface area contributed by atoms with E-state index >= 15 is 0 Å². The average molecular weight is 273 g/mol. The van der Waals surface area contributed by atoms with Crippen LogP contribution < -0.4 is 10.3 Å². The fourth-order valence-corrected chi connectivity index (χ4v) is 2.13. The number of aromatic nitrogens is 1. The quantitative estimate of drug-likeness (QED) is 0.529. The summed E-state index contributed by atoms with van der Waals surface area (Å²) in [4.78, 5) is 37.4. The van der Waals surface area contributed by atoms with Crippen molar-refractivity contribution in [2.75, 3.05) is 0 Å². The number of aryl methyl sites for hydroxylation is 1. The summed E-state index contributed by atoms with van der Waals surface area (Å²) < 4.78 is 5.19. The number of pyridine rings is 1. The second-order valence-electron chi connectivity index (χ2n) is 4.55. The maximum absolute atomic E-state index is 12.0. The molecule has 104 valence electrons. The van der Waals surface area contributed by atoms with E-state index < -0.39 is 5.97 Å². The number of rotatable bonds is 3. The molecular formula is C15H15NO4. The third kappa shape index (κ3) is 2.47. The SMILES string of the molecule is CCC(=O)c1cc(C)c2[nH]c(=O)ccc2c1OC(C)=O. The highest BCUT2D eigenvalue weighted by molar-refractivity contribution is 6.05. The minimum atomic E-state index is -0.508. The smallest absolute Gasteiger partial charge is 0.308 e. The van der Waals surface area contributed by atoms with Crippen molar-refractivity contribution in [1.82, 2.24) is 4.98 Å². The summed E-state index contributed by atoms with van der Waals surface area (Å²) in [6.07, 6.45) is 0.308. The van der Waals surface area contributed by atoms with Crippen LogP contribution in [0.5, 0.6) is 5.75 Å². The topological polar surface area (TPSA) is 76.2 Å². The number of esters is 1. The van der Waals surface area contributed by atoms with Gasteiger partial charge in [-0.25, -0.2) is 0 Å². The van der Waals surface area contributed by atoms with Crippen molar-refractivity contribution in [3.05, 3.63) is 39.7 Å². The van der Waals surface area contributed by atoms with Crippen molar-refractivity contribution in [3.63, 3.8) is 0 Å². The minimum absolute atomic E-state index is 0.113. The van der Waals surface area contributed by atoms with Crippen LogP contribution in [0.15, 0.2) is 23.0 Å². The fraction of sp³-hybridized carbons (Fsp3) is 0.267. The molecular weight excluding hydrogens is 258 g/mol. The number of hydrogen-bond donors (Lipinski definition) is 1. The summed E-state index contributed by atoms with van der Waals surface area (Å²) in [5, 5.41) is 0.552. The van der Waals surface area contributed by atoms with E-state index in [0.29, 0.717) is 22.9 Å². The van der Waals surface area contributed by atoms with Crippen LogP contribution in [0.2, 0.25) is 0 Å². The fourth-order valence-electron chi connectivity index (χ4n) is 2.13. The van der Waals surface area contributed by atoms with Crippen molar-refractivity contribution < 1.29 is 14.3 Å². The Morgan fingerprint density at radius 1 is 1.30 bits per heavy atom. The molecule has 5 heteroatoms. The van der Waals surface area contributed by atoms with Crippen molar-refractivity contribution in [3.8, 4) is 5.75 Å². The van der Waals surface area contributed by atoms with Crippen LogP contribution in [0.25, 0.3) is 10.9 Å². The number of fused-ring (bicyclic) bond motifs is 1. The first-order chi connectivity index (χ1) is 9.43. The van der Waals surface area contributed by atoms with Gasteiger partial charge in [0.15, 0.2) is 11.5 Å². The molecule has 0 saturated carbocycles. The molecule has 1 heterocycles. The molecule has 1 N–H and O–H groups in total. The molecule has 0 saturated heterocycles. The Bertz CT molecular complexity index is 758. The Hall–Kier alpha value is -2.43. The molecule has 2 aromatic rings. The molecule has 0 atom stereocenters. The normalized spacial score (nSPS) is 10.6. The number of ether oxygens (including phenoxy) is 1. The molecule has 2 rings (SSSR count). The number of Topliss-reactive ketones (excluding diaryl/α,β-unsaturated/α-hetero) is 1. The second kappa shape index (κ2) is 5.28. The van der Waals surface area contributed by atoms with Gasteiger partial charge < -0.3 is 9.72 Å². The third-order valence-corrected chi connectivity index (χ3v) is 3.03. The van der Waals surface area contributed by atoms with E-state index in [-0.39, 0.29) is 17.1 Å². The highest BCUT2D eigenvalue weighted by Crippen LogP contribution is 2.31. The van der Waals surface area contributed by atoms with E-state index in [0.717, 1.165) is 5.56 Å². The van der Waals surface area contributed by atoms with E-state index in [9.17, 15) is 14.4 Å². The predicted molar refractivity (Wildman–Crippen MR) is 75.2 cm³/mol. The lowest BCUT2D eigenvalue weighted by Crippen LogP contribution is -2.11. The molecule has 5 nitrogen and oxygen atoms in total. The molecule has 0 aliphatic carbocycles. The first-order valence-electron chi connectivity index (χ1n) is 6.32. The first-order valence-corrected chi connectivity index (χ1v) is 6.32. The number of aromatic amines is 1. The lowest BCUT2D eigenvalue weighted by atomic mass is 10.00. The highest BCUT2D eigenvalue weighted by atomic mass is 16.5. The standard InChI is InChI=1S/C15H15NO4/c1-4-12(18)11-7-8(2)14-10(5-6-13(19)16-14)15(11)20-9(3)17/h5-7H,4H2,1-3H3,(H,16,19). The van der Waals surface area contributed by atoms with Crippen LogP contribution in [0.4, 0.5) is 0 Å². The van der Waals surface area contributed by atoms with E-state index in [1.165, 1.54) is 13.0 Å². The van der Waals surface area contributed by atoms with Gasteiger partial charge in [0.25, 0.3) is 0 Å². The van der Waals surface area contributed by atoms with Crippen LogP contribution in [0.1, 0.15) is 36.2 Å². The zero-order valence-corrected chi connectivity index (χ0v) is 11.6. The number of benzene rings is 1. The monoisotopic (exact) mass is 273 g/mol.